The number of hydrogen-bond acceptors (Lipinski definition) is 7. The summed E-state index contributed by atoms with van der Waals surface area (Å²) >= 11 is 5.52. The van der Waals surface area contributed by atoms with E-state index in [-0.39, 0.29) is 28.1 Å². The Kier molecular flexibility index (Phi) is 7.99. The molecule has 2 aromatic carbocycles. The number of benzene rings is 2. The number of anilines is 3. The highest BCUT2D eigenvalue weighted by Gasteiger charge is 2.50. The van der Waals surface area contributed by atoms with Crippen LogP contribution in [0.3, 0.4) is 0 Å². The van der Waals surface area contributed by atoms with Crippen molar-refractivity contribution in [3.8, 4) is 6.07 Å². The van der Waals surface area contributed by atoms with E-state index >= 15 is 0 Å². The summed E-state index contributed by atoms with van der Waals surface area (Å²) in [5.74, 6) is -4.12. The number of rotatable bonds is 6. The van der Waals surface area contributed by atoms with E-state index in [9.17, 15) is 23.2 Å². The molecule has 11 nitrogen and oxygen atoms in total. The number of nitrogens with one attached hydrogen (secondary N) is 3. The van der Waals surface area contributed by atoms with Crippen molar-refractivity contribution in [3.63, 3.8) is 0 Å². The zero-order chi connectivity index (χ0) is 39.6. The Morgan fingerprint density at radius 2 is 1.65 bits per heavy atom. The van der Waals surface area contributed by atoms with Crippen LogP contribution < -0.4 is 25.8 Å². The normalized spacial score (nSPS) is 16.1. The second-order valence-corrected chi connectivity index (χ2v) is 11.3. The Bertz CT molecular complexity index is 2030. The van der Waals surface area contributed by atoms with Gasteiger partial charge in [-0.15, -0.1) is 4.98 Å². The predicted molar refractivity (Wildman–Crippen MR) is 175 cm³/mol. The minimum Gasteiger partial charge on any atom is -0.368 e. The SMILES string of the molecule is [2H]C([2H])([2H])NC(=O)c1ccc(N2C(=S)N(c3cnc([N+]#[C-])c(C)c3)C(=O)C2(C)C)cc1F.[2H]C([2H])([2H])NC(=O)c1ccc(NC(C)(C)C#N)cc1F. The zero-order valence-electron chi connectivity index (χ0n) is 31.2. The maximum Gasteiger partial charge on any atom is 0.272 e. The number of pyridine rings is 1. The van der Waals surface area contributed by atoms with Crippen LogP contribution in [0.15, 0.2) is 48.7 Å². The summed E-state index contributed by atoms with van der Waals surface area (Å²) in [5.41, 5.74) is -1.45. The first-order valence-corrected chi connectivity index (χ1v) is 13.7. The molecule has 0 spiro atoms. The summed E-state index contributed by atoms with van der Waals surface area (Å²) in [7, 11) is 0. The van der Waals surface area contributed by atoms with Crippen LogP contribution in [0.5, 0.6) is 0 Å². The average molecular weight is 653 g/mol. The third-order valence-corrected chi connectivity index (χ3v) is 7.07. The fourth-order valence-electron chi connectivity index (χ4n) is 4.38. The van der Waals surface area contributed by atoms with Crippen molar-refractivity contribution < 1.29 is 31.4 Å². The summed E-state index contributed by atoms with van der Waals surface area (Å²) in [6.07, 6.45) is 1.37. The number of thiocarbonyl (C=S) groups is 1. The summed E-state index contributed by atoms with van der Waals surface area (Å²) in [6.45, 7) is 9.82. The Morgan fingerprint density at radius 3 is 2.15 bits per heavy atom. The summed E-state index contributed by atoms with van der Waals surface area (Å²) in [6, 6.07) is 10.7. The first-order valence-electron chi connectivity index (χ1n) is 16.3. The van der Waals surface area contributed by atoms with Gasteiger partial charge in [0.25, 0.3) is 23.5 Å². The highest BCUT2D eigenvalue weighted by atomic mass is 32.1. The molecule has 1 aliphatic rings. The van der Waals surface area contributed by atoms with E-state index in [1.165, 1.54) is 28.1 Å². The number of hydrogen-bond donors (Lipinski definition) is 3. The van der Waals surface area contributed by atoms with Crippen LogP contribution in [0.2, 0.25) is 0 Å². The van der Waals surface area contributed by atoms with Crippen molar-refractivity contribution in [2.75, 3.05) is 29.1 Å². The van der Waals surface area contributed by atoms with E-state index in [1.807, 2.05) is 6.07 Å². The van der Waals surface area contributed by atoms with Gasteiger partial charge in [-0.25, -0.2) is 8.78 Å². The van der Waals surface area contributed by atoms with Crippen LogP contribution >= 0.6 is 12.2 Å². The zero-order valence-corrected chi connectivity index (χ0v) is 26.1. The van der Waals surface area contributed by atoms with E-state index in [0.29, 0.717) is 16.9 Å². The maximum atomic E-state index is 14.7. The maximum absolute atomic E-state index is 14.7. The summed E-state index contributed by atoms with van der Waals surface area (Å²) < 4.78 is 70.5. The average Bonchev–Trinajstić information content (AvgIpc) is 3.17. The van der Waals surface area contributed by atoms with Gasteiger partial charge in [-0.2, -0.15) is 5.26 Å². The first kappa shape index (κ1) is 26.9. The van der Waals surface area contributed by atoms with Gasteiger partial charge in [-0.05, 0) is 94.9 Å². The lowest BCUT2D eigenvalue weighted by Crippen LogP contribution is -2.44. The molecule has 1 fully saturated rings. The van der Waals surface area contributed by atoms with Crippen LogP contribution in [0, 0.1) is 36.5 Å². The Hall–Kier alpha value is -5.47. The molecule has 46 heavy (non-hydrogen) atoms. The van der Waals surface area contributed by atoms with Gasteiger partial charge in [-0.1, -0.05) is 6.57 Å². The number of amides is 3. The van der Waals surface area contributed by atoms with Crippen molar-refractivity contribution in [2.24, 2.45) is 0 Å². The van der Waals surface area contributed by atoms with E-state index in [2.05, 4.69) is 15.1 Å². The van der Waals surface area contributed by atoms with Gasteiger partial charge < -0.3 is 25.7 Å². The van der Waals surface area contributed by atoms with E-state index in [4.69, 9.17) is 32.3 Å². The third kappa shape index (κ3) is 7.08. The van der Waals surface area contributed by atoms with Crippen LogP contribution in [0.25, 0.3) is 4.85 Å². The first-order chi connectivity index (χ1) is 23.8. The number of nitriles is 1. The van der Waals surface area contributed by atoms with Crippen LogP contribution in [-0.4, -0.2) is 52.8 Å². The fourth-order valence-corrected chi connectivity index (χ4v) is 4.90. The van der Waals surface area contributed by atoms with Crippen LogP contribution in [0.1, 0.15) is 62.2 Å². The molecule has 0 saturated carbocycles. The van der Waals surface area contributed by atoms with Gasteiger partial charge in [0, 0.05) is 33.6 Å². The topological polar surface area (TPSA) is 135 Å². The summed E-state index contributed by atoms with van der Waals surface area (Å²) in [5, 5.41) is 15.1. The number of halogens is 2. The monoisotopic (exact) mass is 652 g/mol. The molecule has 3 amide bonds. The minimum absolute atomic E-state index is 0.0656. The summed E-state index contributed by atoms with van der Waals surface area (Å²) in [4.78, 5) is 46.8. The minimum atomic E-state index is -2.76. The molecule has 0 bridgehead atoms. The number of carbonyl (C=O) groups excluding carboxylic acids is 3. The molecular weight excluding hydrogens is 614 g/mol. The molecule has 1 aromatic heterocycles. The van der Waals surface area contributed by atoms with Gasteiger partial charge in [0.2, 0.25) is 0 Å². The largest absolute Gasteiger partial charge is 0.368 e. The second-order valence-electron chi connectivity index (χ2n) is 10.9. The van der Waals surface area contributed by atoms with Crippen molar-refractivity contribution >= 4 is 57.9 Å². The molecular formula is C32H32F2N8O3S. The molecule has 2 heterocycles. The number of nitrogens with zero attached hydrogens (tertiary/aromatic N) is 5. The molecule has 0 unspecified atom stereocenters. The lowest BCUT2D eigenvalue weighted by molar-refractivity contribution is -0.120. The van der Waals surface area contributed by atoms with E-state index < -0.39 is 54.0 Å². The number of carbonyl (C=O) groups is 3. The molecule has 3 aromatic rings. The standard InChI is InChI=1S/C20H18FN5O2S.C12H14FN3O/c1-11-8-13(10-24-16(11)22-4)25-18(28)20(2,3)26(19(25)29)12-6-7-14(15(21)9-12)17(27)23-5;1-12(2,7-14)16-8-4-5-9(10(13)6-8)11(17)15-3/h6-10H,1-3,5H3,(H,23,27);4-6,16H,1-3H3,(H,15,17)/i5D3;3D3. The van der Waals surface area contributed by atoms with Gasteiger partial charge >= 0.3 is 0 Å². The van der Waals surface area contributed by atoms with Crippen molar-refractivity contribution in [3.05, 3.63) is 88.4 Å². The molecule has 1 aliphatic heterocycles. The molecule has 0 radical (unpaired) electrons. The van der Waals surface area contributed by atoms with Crippen LogP contribution in [0.4, 0.5) is 31.7 Å². The van der Waals surface area contributed by atoms with Crippen LogP contribution in [-0.2, 0) is 4.79 Å². The number of aromatic nitrogens is 1. The molecule has 4 rings (SSSR count). The molecule has 0 aliphatic carbocycles. The predicted octanol–water partition coefficient (Wildman–Crippen LogP) is 5.26. The lowest BCUT2D eigenvalue weighted by Gasteiger charge is -2.29. The van der Waals surface area contributed by atoms with Crippen molar-refractivity contribution in [1.82, 2.24) is 15.6 Å². The number of aryl methyl sites for hydroxylation is 1. The Morgan fingerprint density at radius 1 is 1.07 bits per heavy atom. The van der Waals surface area contributed by atoms with Gasteiger partial charge in [0.15, 0.2) is 5.11 Å². The van der Waals surface area contributed by atoms with Crippen molar-refractivity contribution in [1.29, 1.82) is 5.26 Å². The molecule has 238 valence electrons. The molecule has 0 atom stereocenters. The molecule has 3 N–H and O–H groups in total. The van der Waals surface area contributed by atoms with Crippen molar-refractivity contribution in [2.45, 2.75) is 45.7 Å². The van der Waals surface area contributed by atoms with Gasteiger partial charge in [-0.3, -0.25) is 19.3 Å². The third-order valence-electron chi connectivity index (χ3n) is 6.70. The quantitative estimate of drug-likeness (QED) is 0.243. The molecule has 14 heteroatoms. The lowest BCUT2D eigenvalue weighted by atomic mass is 10.0. The smallest absolute Gasteiger partial charge is 0.272 e. The highest BCUT2D eigenvalue weighted by Crippen LogP contribution is 2.37. The van der Waals surface area contributed by atoms with E-state index in [1.54, 1.807) is 51.3 Å². The second kappa shape index (κ2) is 13.7. The highest BCUT2D eigenvalue weighted by molar-refractivity contribution is 7.81. The van der Waals surface area contributed by atoms with E-state index in [0.717, 1.165) is 24.3 Å². The van der Waals surface area contributed by atoms with Gasteiger partial charge in [0.05, 0.1) is 22.9 Å². The fraction of sp³-hybridized carbons (Fsp3) is 0.281. The Labute approximate surface area is 279 Å². The Balaban J connectivity index is 0.000000314. The molecule has 1 saturated heterocycles. The van der Waals surface area contributed by atoms with Gasteiger partial charge in [0.1, 0.15) is 28.9 Å².